The molecule has 0 aromatic heterocycles. The van der Waals surface area contributed by atoms with Crippen LogP contribution in [-0.2, 0) is 6.54 Å². The lowest BCUT2D eigenvalue weighted by Gasteiger charge is -2.30. The van der Waals surface area contributed by atoms with E-state index >= 15 is 0 Å². The van der Waals surface area contributed by atoms with Crippen molar-refractivity contribution in [3.05, 3.63) is 35.1 Å². The summed E-state index contributed by atoms with van der Waals surface area (Å²) in [5.41, 5.74) is 0.864. The molecule has 0 heterocycles. The highest BCUT2D eigenvalue weighted by atomic mass is 127. The first kappa shape index (κ1) is 20.7. The van der Waals surface area contributed by atoms with Gasteiger partial charge in [0, 0.05) is 25.2 Å². The number of guanidine groups is 1. The maximum atomic E-state index is 13.9. The number of hydrogen-bond donors (Lipinski definition) is 2. The predicted octanol–water partition coefficient (Wildman–Crippen LogP) is 3.95. The minimum Gasteiger partial charge on any atom is -0.354 e. The average Bonchev–Trinajstić information content (AvgIpc) is 2.59. The second-order valence-electron chi connectivity index (χ2n) is 6.13. The van der Waals surface area contributed by atoms with Crippen LogP contribution in [0.15, 0.2) is 23.2 Å². The van der Waals surface area contributed by atoms with Crippen LogP contribution in [0.5, 0.6) is 0 Å². The van der Waals surface area contributed by atoms with Gasteiger partial charge in [-0.25, -0.2) is 4.39 Å². The summed E-state index contributed by atoms with van der Waals surface area (Å²) in [6.07, 6.45) is 6.11. The second kappa shape index (κ2) is 10.5. The van der Waals surface area contributed by atoms with Gasteiger partial charge in [-0.1, -0.05) is 32.3 Å². The van der Waals surface area contributed by atoms with E-state index in [9.17, 15) is 4.39 Å². The Bertz CT molecular complexity index is 597. The van der Waals surface area contributed by atoms with E-state index in [1.54, 1.807) is 19.2 Å². The van der Waals surface area contributed by atoms with E-state index in [4.69, 9.17) is 5.26 Å². The molecule has 0 radical (unpaired) electrons. The third kappa shape index (κ3) is 5.93. The molecule has 1 fully saturated rings. The minimum atomic E-state index is -0.365. The van der Waals surface area contributed by atoms with Crippen molar-refractivity contribution < 1.29 is 4.39 Å². The van der Waals surface area contributed by atoms with Crippen LogP contribution in [-0.4, -0.2) is 19.0 Å². The van der Waals surface area contributed by atoms with Gasteiger partial charge < -0.3 is 10.6 Å². The molecule has 132 valence electrons. The van der Waals surface area contributed by atoms with Crippen LogP contribution >= 0.6 is 24.0 Å². The van der Waals surface area contributed by atoms with E-state index in [1.165, 1.54) is 31.7 Å². The molecule has 6 heteroatoms. The lowest BCUT2D eigenvalue weighted by molar-refractivity contribution is 0.298. The number of halogens is 2. The van der Waals surface area contributed by atoms with Crippen molar-refractivity contribution in [2.75, 3.05) is 7.05 Å². The first-order valence-corrected chi connectivity index (χ1v) is 8.32. The minimum absolute atomic E-state index is 0. The SMILES string of the molecule is CCC1CCCC(NC(=NC)NCc2ccc(C#N)cc2F)C1.I. The summed E-state index contributed by atoms with van der Waals surface area (Å²) >= 11 is 0. The van der Waals surface area contributed by atoms with E-state index in [0.29, 0.717) is 29.7 Å². The number of aliphatic imine (C=N–C) groups is 1. The highest BCUT2D eigenvalue weighted by Crippen LogP contribution is 2.26. The van der Waals surface area contributed by atoms with Crippen LogP contribution in [0.1, 0.15) is 50.2 Å². The number of nitrogens with zero attached hydrogens (tertiary/aromatic N) is 2. The first-order chi connectivity index (χ1) is 11.2. The molecule has 0 amide bonds. The lowest BCUT2D eigenvalue weighted by atomic mass is 9.84. The largest absolute Gasteiger partial charge is 0.354 e. The lowest BCUT2D eigenvalue weighted by Crippen LogP contribution is -2.45. The Morgan fingerprint density at radius 1 is 1.42 bits per heavy atom. The Morgan fingerprint density at radius 2 is 2.21 bits per heavy atom. The molecular formula is C18H26FIN4. The number of nitrogens with one attached hydrogen (secondary N) is 2. The molecule has 4 nitrogen and oxygen atoms in total. The van der Waals surface area contributed by atoms with Crippen LogP contribution < -0.4 is 10.6 Å². The zero-order valence-electron chi connectivity index (χ0n) is 14.3. The Hall–Kier alpha value is -1.36. The molecule has 24 heavy (non-hydrogen) atoms. The second-order valence-corrected chi connectivity index (χ2v) is 6.13. The Morgan fingerprint density at radius 3 is 2.83 bits per heavy atom. The summed E-state index contributed by atoms with van der Waals surface area (Å²) in [6.45, 7) is 2.59. The molecule has 1 aromatic rings. The fourth-order valence-corrected chi connectivity index (χ4v) is 3.12. The fourth-order valence-electron chi connectivity index (χ4n) is 3.12. The van der Waals surface area contributed by atoms with Crippen LogP contribution in [0.25, 0.3) is 0 Å². The zero-order chi connectivity index (χ0) is 16.7. The molecule has 0 aliphatic heterocycles. The summed E-state index contributed by atoms with van der Waals surface area (Å²) in [4.78, 5) is 4.23. The van der Waals surface area contributed by atoms with Gasteiger partial charge in [0.1, 0.15) is 5.82 Å². The smallest absolute Gasteiger partial charge is 0.191 e. The van der Waals surface area contributed by atoms with Gasteiger partial charge in [-0.15, -0.1) is 24.0 Å². The van der Waals surface area contributed by atoms with Crippen LogP contribution in [0.4, 0.5) is 4.39 Å². The fraction of sp³-hybridized carbons (Fsp3) is 0.556. The Balaban J connectivity index is 0.00000288. The maximum Gasteiger partial charge on any atom is 0.191 e. The molecule has 2 N–H and O–H groups in total. The van der Waals surface area contributed by atoms with Crippen LogP contribution in [0.3, 0.4) is 0 Å². The van der Waals surface area contributed by atoms with Crippen molar-refractivity contribution in [2.45, 2.75) is 51.6 Å². The number of nitriles is 1. The summed E-state index contributed by atoms with van der Waals surface area (Å²) < 4.78 is 13.9. The van der Waals surface area contributed by atoms with Crippen LogP contribution in [0, 0.1) is 23.1 Å². The van der Waals surface area contributed by atoms with E-state index in [1.807, 2.05) is 6.07 Å². The van der Waals surface area contributed by atoms with Crippen molar-refractivity contribution in [3.8, 4) is 6.07 Å². The van der Waals surface area contributed by atoms with E-state index in [-0.39, 0.29) is 29.8 Å². The van der Waals surface area contributed by atoms with Gasteiger partial charge in [0.2, 0.25) is 0 Å². The molecule has 1 aliphatic rings. The monoisotopic (exact) mass is 444 g/mol. The summed E-state index contributed by atoms with van der Waals surface area (Å²) in [5, 5.41) is 15.4. The molecule has 0 saturated heterocycles. The molecule has 2 rings (SSSR count). The molecule has 1 saturated carbocycles. The number of benzene rings is 1. The van der Waals surface area contributed by atoms with E-state index in [0.717, 1.165) is 12.3 Å². The van der Waals surface area contributed by atoms with Crippen molar-refractivity contribution in [1.82, 2.24) is 10.6 Å². The normalized spacial score (nSPS) is 20.7. The van der Waals surface area contributed by atoms with Gasteiger partial charge in [0.25, 0.3) is 0 Å². The van der Waals surface area contributed by atoms with Gasteiger partial charge in [-0.3, -0.25) is 4.99 Å². The van der Waals surface area contributed by atoms with Crippen molar-refractivity contribution >= 4 is 29.9 Å². The van der Waals surface area contributed by atoms with E-state index in [2.05, 4.69) is 22.5 Å². The summed E-state index contributed by atoms with van der Waals surface area (Å²) in [7, 11) is 1.73. The topological polar surface area (TPSA) is 60.2 Å². The van der Waals surface area contributed by atoms with Gasteiger partial charge >= 0.3 is 0 Å². The molecule has 1 aromatic carbocycles. The Kier molecular flexibility index (Phi) is 9.04. The number of hydrogen-bond acceptors (Lipinski definition) is 2. The third-order valence-corrected chi connectivity index (χ3v) is 4.55. The van der Waals surface area contributed by atoms with Crippen molar-refractivity contribution in [1.29, 1.82) is 5.26 Å². The maximum absolute atomic E-state index is 13.9. The Labute approximate surface area is 161 Å². The zero-order valence-corrected chi connectivity index (χ0v) is 16.6. The average molecular weight is 444 g/mol. The standard InChI is InChI=1S/C18H25FN4.HI/c1-3-13-5-4-6-16(9-13)23-18(21-2)22-12-15-8-7-14(11-20)10-17(15)19;/h7-8,10,13,16H,3-6,9,12H2,1-2H3,(H2,21,22,23);1H. The molecule has 1 aliphatic carbocycles. The van der Waals surface area contributed by atoms with Crippen molar-refractivity contribution in [3.63, 3.8) is 0 Å². The van der Waals surface area contributed by atoms with Gasteiger partial charge in [-0.2, -0.15) is 5.26 Å². The highest BCUT2D eigenvalue weighted by molar-refractivity contribution is 14.0. The molecule has 2 unspecified atom stereocenters. The third-order valence-electron chi connectivity index (χ3n) is 4.55. The number of rotatable bonds is 4. The summed E-state index contributed by atoms with van der Waals surface area (Å²) in [6, 6.07) is 6.91. The van der Waals surface area contributed by atoms with E-state index < -0.39 is 0 Å². The first-order valence-electron chi connectivity index (χ1n) is 8.32. The van der Waals surface area contributed by atoms with Crippen molar-refractivity contribution in [2.24, 2.45) is 10.9 Å². The molecule has 0 spiro atoms. The van der Waals surface area contributed by atoms with Gasteiger partial charge in [0.05, 0.1) is 11.6 Å². The summed E-state index contributed by atoms with van der Waals surface area (Å²) in [5.74, 6) is 1.13. The quantitative estimate of drug-likeness (QED) is 0.420. The molecular weight excluding hydrogens is 418 g/mol. The van der Waals surface area contributed by atoms with Crippen LogP contribution in [0.2, 0.25) is 0 Å². The predicted molar refractivity (Wildman–Crippen MR) is 106 cm³/mol. The molecule has 0 bridgehead atoms. The van der Waals surface area contributed by atoms with Gasteiger partial charge in [0.15, 0.2) is 5.96 Å². The van der Waals surface area contributed by atoms with Gasteiger partial charge in [-0.05, 0) is 30.9 Å². The highest BCUT2D eigenvalue weighted by Gasteiger charge is 2.21. The molecule has 2 atom stereocenters.